The second-order valence-electron chi connectivity index (χ2n) is 9.03. The normalized spacial score (nSPS) is 19.7. The first-order chi connectivity index (χ1) is 16.1. The minimum atomic E-state index is -0.284. The molecule has 7 nitrogen and oxygen atoms in total. The van der Waals surface area contributed by atoms with E-state index in [1.807, 2.05) is 19.1 Å². The number of piperidine rings is 1. The van der Waals surface area contributed by atoms with Gasteiger partial charge < -0.3 is 14.7 Å². The summed E-state index contributed by atoms with van der Waals surface area (Å²) in [4.78, 5) is 24.4. The Hall–Kier alpha value is -3.29. The van der Waals surface area contributed by atoms with E-state index < -0.39 is 0 Å². The van der Waals surface area contributed by atoms with Crippen LogP contribution in [0.3, 0.4) is 0 Å². The van der Waals surface area contributed by atoms with Crippen molar-refractivity contribution >= 4 is 11.7 Å². The molecule has 2 aromatic heterocycles. The van der Waals surface area contributed by atoms with Gasteiger partial charge in [-0.2, -0.15) is 4.98 Å². The van der Waals surface area contributed by atoms with Gasteiger partial charge in [-0.1, -0.05) is 23.7 Å². The molecule has 172 valence electrons. The second-order valence-corrected chi connectivity index (χ2v) is 9.03. The van der Waals surface area contributed by atoms with Gasteiger partial charge in [-0.3, -0.25) is 4.79 Å². The number of pyridine rings is 1. The molecule has 2 aliphatic rings. The standard InChI is InChI=1S/C25H28FN5O2/c1-16(17-9-11-20(26)12-10-17)28-24(32)19-7-4-14-31(15-19)23-21(8-3-13-27-23)22-29-25(33-30-22)18-5-2-6-18/h3,8-13,16,18-19H,2,4-7,14-15H2,1H3,(H,28,32)/t16-,19+/m1/s1. The van der Waals surface area contributed by atoms with E-state index in [4.69, 9.17) is 4.52 Å². The van der Waals surface area contributed by atoms with Crippen LogP contribution in [0.1, 0.15) is 62.4 Å². The van der Waals surface area contributed by atoms with Crippen LogP contribution in [0, 0.1) is 11.7 Å². The molecule has 0 spiro atoms. The fourth-order valence-corrected chi connectivity index (χ4v) is 4.54. The summed E-state index contributed by atoms with van der Waals surface area (Å²) in [5.41, 5.74) is 1.70. The van der Waals surface area contributed by atoms with Gasteiger partial charge in [0.1, 0.15) is 11.6 Å². The molecule has 33 heavy (non-hydrogen) atoms. The van der Waals surface area contributed by atoms with Gasteiger partial charge in [-0.25, -0.2) is 9.37 Å². The Morgan fingerprint density at radius 1 is 1.18 bits per heavy atom. The quantitative estimate of drug-likeness (QED) is 0.591. The molecule has 1 N–H and O–H groups in total. The number of nitrogens with zero attached hydrogens (tertiary/aromatic N) is 4. The van der Waals surface area contributed by atoms with E-state index >= 15 is 0 Å². The number of amides is 1. The van der Waals surface area contributed by atoms with Crippen LogP contribution in [0.4, 0.5) is 10.2 Å². The first-order valence-corrected chi connectivity index (χ1v) is 11.7. The molecular weight excluding hydrogens is 421 g/mol. The van der Waals surface area contributed by atoms with E-state index in [2.05, 4.69) is 25.3 Å². The molecule has 5 rings (SSSR count). The molecule has 3 heterocycles. The van der Waals surface area contributed by atoms with Crippen LogP contribution in [-0.2, 0) is 4.79 Å². The van der Waals surface area contributed by atoms with Crippen LogP contribution in [0.2, 0.25) is 0 Å². The van der Waals surface area contributed by atoms with E-state index in [0.29, 0.717) is 24.2 Å². The molecule has 0 unspecified atom stereocenters. The number of benzene rings is 1. The fourth-order valence-electron chi connectivity index (χ4n) is 4.54. The van der Waals surface area contributed by atoms with Crippen molar-refractivity contribution in [2.24, 2.45) is 5.92 Å². The maximum absolute atomic E-state index is 13.2. The van der Waals surface area contributed by atoms with Crippen molar-refractivity contribution in [2.45, 2.75) is 51.0 Å². The van der Waals surface area contributed by atoms with Crippen LogP contribution in [-0.4, -0.2) is 34.1 Å². The minimum Gasteiger partial charge on any atom is -0.355 e. The highest BCUT2D eigenvalue weighted by atomic mass is 19.1. The van der Waals surface area contributed by atoms with E-state index in [1.165, 1.54) is 18.6 Å². The third-order valence-electron chi connectivity index (χ3n) is 6.74. The molecule has 2 fully saturated rings. The molecule has 1 amide bonds. The van der Waals surface area contributed by atoms with Crippen molar-refractivity contribution in [3.05, 3.63) is 59.9 Å². The van der Waals surface area contributed by atoms with Crippen LogP contribution in [0.15, 0.2) is 47.1 Å². The van der Waals surface area contributed by atoms with Crippen molar-refractivity contribution in [1.29, 1.82) is 0 Å². The number of halogens is 1. The SMILES string of the molecule is C[C@@H](NC(=O)[C@H]1CCCN(c2ncccc2-c2noc(C3CCC3)n2)C1)c1ccc(F)cc1. The second kappa shape index (κ2) is 9.29. The summed E-state index contributed by atoms with van der Waals surface area (Å²) in [6.07, 6.45) is 6.86. The minimum absolute atomic E-state index is 0.000775. The first kappa shape index (κ1) is 21.6. The van der Waals surface area contributed by atoms with Gasteiger partial charge >= 0.3 is 0 Å². The van der Waals surface area contributed by atoms with Crippen LogP contribution in [0.25, 0.3) is 11.4 Å². The molecule has 1 saturated heterocycles. The van der Waals surface area contributed by atoms with Crippen LogP contribution in [0.5, 0.6) is 0 Å². The number of hydrogen-bond donors (Lipinski definition) is 1. The van der Waals surface area contributed by atoms with E-state index in [0.717, 1.165) is 49.2 Å². The van der Waals surface area contributed by atoms with Crippen molar-refractivity contribution in [3.63, 3.8) is 0 Å². The summed E-state index contributed by atoms with van der Waals surface area (Å²) >= 11 is 0. The largest absolute Gasteiger partial charge is 0.355 e. The topological polar surface area (TPSA) is 84.2 Å². The van der Waals surface area contributed by atoms with Gasteiger partial charge in [0.25, 0.3) is 0 Å². The molecule has 0 radical (unpaired) electrons. The lowest BCUT2D eigenvalue weighted by Crippen LogP contribution is -2.44. The maximum Gasteiger partial charge on any atom is 0.230 e. The van der Waals surface area contributed by atoms with Crippen molar-refractivity contribution < 1.29 is 13.7 Å². The molecule has 8 heteroatoms. The third kappa shape index (κ3) is 4.60. The monoisotopic (exact) mass is 449 g/mol. The summed E-state index contributed by atoms with van der Waals surface area (Å²) in [5.74, 6) is 1.97. The number of anilines is 1. The summed E-state index contributed by atoms with van der Waals surface area (Å²) < 4.78 is 18.7. The molecule has 1 aliphatic heterocycles. The van der Waals surface area contributed by atoms with Gasteiger partial charge in [0.15, 0.2) is 0 Å². The average Bonchev–Trinajstić information content (AvgIpc) is 3.27. The van der Waals surface area contributed by atoms with E-state index in [1.54, 1.807) is 18.3 Å². The van der Waals surface area contributed by atoms with Crippen LogP contribution < -0.4 is 10.2 Å². The molecular formula is C25H28FN5O2. The number of carbonyl (C=O) groups excluding carboxylic acids is 1. The highest BCUT2D eigenvalue weighted by molar-refractivity contribution is 5.80. The molecule has 1 aromatic carbocycles. The number of aromatic nitrogens is 3. The lowest BCUT2D eigenvalue weighted by molar-refractivity contribution is -0.125. The highest BCUT2D eigenvalue weighted by Crippen LogP contribution is 2.37. The first-order valence-electron chi connectivity index (χ1n) is 11.7. The Balaban J connectivity index is 1.29. The molecule has 2 atom stereocenters. The Bertz CT molecular complexity index is 1110. The van der Waals surface area contributed by atoms with Gasteiger partial charge in [-0.05, 0) is 62.4 Å². The van der Waals surface area contributed by atoms with Crippen molar-refractivity contribution in [3.8, 4) is 11.4 Å². The zero-order chi connectivity index (χ0) is 22.8. The number of carbonyl (C=O) groups is 1. The molecule has 3 aromatic rings. The van der Waals surface area contributed by atoms with E-state index in [-0.39, 0.29) is 23.7 Å². The van der Waals surface area contributed by atoms with Crippen molar-refractivity contribution in [2.75, 3.05) is 18.0 Å². The maximum atomic E-state index is 13.2. The Labute approximate surface area is 192 Å². The molecule has 1 aliphatic carbocycles. The lowest BCUT2D eigenvalue weighted by Gasteiger charge is -2.34. The lowest BCUT2D eigenvalue weighted by atomic mass is 9.85. The van der Waals surface area contributed by atoms with Gasteiger partial charge in [-0.15, -0.1) is 0 Å². The summed E-state index contributed by atoms with van der Waals surface area (Å²) in [6, 6.07) is 9.87. The molecule has 0 bridgehead atoms. The Morgan fingerprint density at radius 2 is 2.00 bits per heavy atom. The van der Waals surface area contributed by atoms with E-state index in [9.17, 15) is 9.18 Å². The third-order valence-corrected chi connectivity index (χ3v) is 6.74. The van der Waals surface area contributed by atoms with Crippen molar-refractivity contribution in [1.82, 2.24) is 20.4 Å². The average molecular weight is 450 g/mol. The smallest absolute Gasteiger partial charge is 0.230 e. The fraction of sp³-hybridized carbons (Fsp3) is 0.440. The number of nitrogens with one attached hydrogen (secondary N) is 1. The summed E-state index contributed by atoms with van der Waals surface area (Å²) in [7, 11) is 0. The Morgan fingerprint density at radius 3 is 2.76 bits per heavy atom. The Kier molecular flexibility index (Phi) is 6.07. The summed E-state index contributed by atoms with van der Waals surface area (Å²) in [5, 5.41) is 7.30. The number of rotatable bonds is 6. The zero-order valence-corrected chi connectivity index (χ0v) is 18.7. The van der Waals surface area contributed by atoms with Crippen LogP contribution >= 0.6 is 0 Å². The van der Waals surface area contributed by atoms with Gasteiger partial charge in [0.2, 0.25) is 17.6 Å². The summed E-state index contributed by atoms with van der Waals surface area (Å²) in [6.45, 7) is 3.30. The van der Waals surface area contributed by atoms with Gasteiger partial charge in [0, 0.05) is 25.2 Å². The zero-order valence-electron chi connectivity index (χ0n) is 18.7. The molecule has 1 saturated carbocycles. The number of hydrogen-bond acceptors (Lipinski definition) is 6. The highest BCUT2D eigenvalue weighted by Gasteiger charge is 2.30. The predicted molar refractivity (Wildman–Crippen MR) is 122 cm³/mol. The predicted octanol–water partition coefficient (Wildman–Crippen LogP) is 4.63. The van der Waals surface area contributed by atoms with Gasteiger partial charge in [0.05, 0.1) is 17.5 Å².